The van der Waals surface area contributed by atoms with Crippen LogP contribution in [0.2, 0.25) is 0 Å². The highest BCUT2D eigenvalue weighted by atomic mass is 32.2. The maximum absolute atomic E-state index is 10.8. The van der Waals surface area contributed by atoms with Gasteiger partial charge in [0.2, 0.25) is 10.0 Å². The smallest absolute Gasteiger partial charge is 0.208 e. The van der Waals surface area contributed by atoms with Crippen LogP contribution in [0.15, 0.2) is 30.3 Å². The number of sulfonamides is 1. The van der Waals surface area contributed by atoms with Crippen LogP contribution in [-0.2, 0) is 21.4 Å². The van der Waals surface area contributed by atoms with E-state index in [0.717, 1.165) is 18.4 Å². The van der Waals surface area contributed by atoms with E-state index in [1.165, 1.54) is 6.26 Å². The van der Waals surface area contributed by atoms with Gasteiger partial charge in [-0.15, -0.1) is 0 Å². The maximum Gasteiger partial charge on any atom is 0.208 e. The Hall–Kier alpha value is -0.910. The van der Waals surface area contributed by atoms with E-state index in [9.17, 15) is 8.42 Å². The number of unbranched alkanes of at least 4 members (excludes halogenated alkanes) is 1. The zero-order valence-corrected chi connectivity index (χ0v) is 10.9. The van der Waals surface area contributed by atoms with Crippen molar-refractivity contribution in [3.8, 4) is 0 Å². The van der Waals surface area contributed by atoms with E-state index in [2.05, 4.69) is 4.72 Å². The molecule has 0 aliphatic carbocycles. The topological polar surface area (TPSA) is 55.4 Å². The van der Waals surface area contributed by atoms with E-state index >= 15 is 0 Å². The molecule has 0 heterocycles. The Morgan fingerprint density at radius 2 is 1.88 bits per heavy atom. The van der Waals surface area contributed by atoms with Gasteiger partial charge in [-0.2, -0.15) is 0 Å². The molecule has 0 unspecified atom stereocenters. The van der Waals surface area contributed by atoms with E-state index in [0.29, 0.717) is 19.8 Å². The molecule has 1 rings (SSSR count). The second-order valence-electron chi connectivity index (χ2n) is 3.91. The Labute approximate surface area is 103 Å². The molecule has 0 bridgehead atoms. The van der Waals surface area contributed by atoms with Gasteiger partial charge in [-0.1, -0.05) is 30.3 Å². The van der Waals surface area contributed by atoms with Gasteiger partial charge in [0.25, 0.3) is 0 Å². The Balaban J connectivity index is 1.99. The van der Waals surface area contributed by atoms with Crippen molar-refractivity contribution in [2.24, 2.45) is 0 Å². The van der Waals surface area contributed by atoms with Crippen molar-refractivity contribution in [1.29, 1.82) is 0 Å². The van der Waals surface area contributed by atoms with Gasteiger partial charge in [-0.25, -0.2) is 13.1 Å². The summed E-state index contributed by atoms with van der Waals surface area (Å²) in [5.41, 5.74) is 1.15. The van der Waals surface area contributed by atoms with E-state index in [-0.39, 0.29) is 0 Å². The highest BCUT2D eigenvalue weighted by Crippen LogP contribution is 2.01. The molecule has 0 saturated heterocycles. The van der Waals surface area contributed by atoms with Gasteiger partial charge in [0, 0.05) is 13.2 Å². The summed E-state index contributed by atoms with van der Waals surface area (Å²) in [6, 6.07) is 9.97. The van der Waals surface area contributed by atoms with Gasteiger partial charge in [0.15, 0.2) is 0 Å². The molecule has 0 aliphatic heterocycles. The lowest BCUT2D eigenvalue weighted by molar-refractivity contribution is 0.117. The van der Waals surface area contributed by atoms with E-state index < -0.39 is 10.0 Å². The number of benzene rings is 1. The third kappa shape index (κ3) is 7.90. The quantitative estimate of drug-likeness (QED) is 0.719. The summed E-state index contributed by atoms with van der Waals surface area (Å²) in [4.78, 5) is 0. The zero-order chi connectivity index (χ0) is 12.6. The predicted octanol–water partition coefficient (Wildman–Crippen LogP) is 1.53. The number of hydrogen-bond donors (Lipinski definition) is 1. The van der Waals surface area contributed by atoms with Crippen molar-refractivity contribution >= 4 is 10.0 Å². The average Bonchev–Trinajstić information content (AvgIpc) is 2.28. The molecule has 4 nitrogen and oxygen atoms in total. The van der Waals surface area contributed by atoms with Crippen LogP contribution < -0.4 is 4.72 Å². The maximum atomic E-state index is 10.8. The third-order valence-corrected chi connectivity index (χ3v) is 2.92. The Bertz CT molecular complexity index is 403. The fourth-order valence-electron chi connectivity index (χ4n) is 1.35. The molecule has 1 aromatic carbocycles. The number of ether oxygens (including phenoxy) is 1. The Morgan fingerprint density at radius 1 is 1.18 bits per heavy atom. The minimum absolute atomic E-state index is 0.480. The first-order chi connectivity index (χ1) is 8.08. The highest BCUT2D eigenvalue weighted by Gasteiger charge is 1.98. The fourth-order valence-corrected chi connectivity index (χ4v) is 1.87. The lowest BCUT2D eigenvalue weighted by atomic mass is 10.2. The van der Waals surface area contributed by atoms with Crippen molar-refractivity contribution in [2.45, 2.75) is 19.4 Å². The summed E-state index contributed by atoms with van der Waals surface area (Å²) >= 11 is 0. The largest absolute Gasteiger partial charge is 0.377 e. The second kappa shape index (κ2) is 7.42. The van der Waals surface area contributed by atoms with Crippen LogP contribution in [0.25, 0.3) is 0 Å². The normalized spacial score (nSPS) is 11.6. The molecule has 0 amide bonds. The molecule has 0 saturated carbocycles. The standard InChI is InChI=1S/C12H19NO3S/c1-17(14,15)13-9-5-6-10-16-11-12-7-3-2-4-8-12/h2-4,7-8,13H,5-6,9-11H2,1H3. The molecule has 1 N–H and O–H groups in total. The summed E-state index contributed by atoms with van der Waals surface area (Å²) in [7, 11) is -3.05. The third-order valence-electron chi connectivity index (χ3n) is 2.19. The first-order valence-corrected chi connectivity index (χ1v) is 7.53. The Morgan fingerprint density at radius 3 is 2.53 bits per heavy atom. The van der Waals surface area contributed by atoms with Crippen LogP contribution in [0.1, 0.15) is 18.4 Å². The zero-order valence-electron chi connectivity index (χ0n) is 10.1. The summed E-state index contributed by atoms with van der Waals surface area (Å²) in [6.07, 6.45) is 2.82. The highest BCUT2D eigenvalue weighted by molar-refractivity contribution is 7.88. The van der Waals surface area contributed by atoms with Gasteiger partial charge < -0.3 is 4.74 Å². The molecule has 0 atom stereocenters. The molecule has 96 valence electrons. The minimum atomic E-state index is -3.05. The lowest BCUT2D eigenvalue weighted by Crippen LogP contribution is -2.23. The molecule has 0 aromatic heterocycles. The van der Waals surface area contributed by atoms with Crippen LogP contribution in [0.4, 0.5) is 0 Å². The van der Waals surface area contributed by atoms with Crippen molar-refractivity contribution < 1.29 is 13.2 Å². The van der Waals surface area contributed by atoms with Crippen LogP contribution in [0.3, 0.4) is 0 Å². The van der Waals surface area contributed by atoms with Crippen molar-refractivity contribution in [3.63, 3.8) is 0 Å². The van der Waals surface area contributed by atoms with Gasteiger partial charge in [-0.3, -0.25) is 0 Å². The van der Waals surface area contributed by atoms with Crippen molar-refractivity contribution in [3.05, 3.63) is 35.9 Å². The number of nitrogens with one attached hydrogen (secondary N) is 1. The minimum Gasteiger partial charge on any atom is -0.377 e. The van der Waals surface area contributed by atoms with Crippen molar-refractivity contribution in [1.82, 2.24) is 4.72 Å². The lowest BCUT2D eigenvalue weighted by Gasteiger charge is -2.04. The summed E-state index contributed by atoms with van der Waals surface area (Å²) in [5.74, 6) is 0. The van der Waals surface area contributed by atoms with Gasteiger partial charge in [0.1, 0.15) is 0 Å². The van der Waals surface area contributed by atoms with Gasteiger partial charge in [-0.05, 0) is 18.4 Å². The number of rotatable bonds is 8. The van der Waals surface area contributed by atoms with Crippen LogP contribution in [0.5, 0.6) is 0 Å². The molecule has 0 radical (unpaired) electrons. The molecular weight excluding hydrogens is 238 g/mol. The SMILES string of the molecule is CS(=O)(=O)NCCCCOCc1ccccc1. The summed E-state index contributed by atoms with van der Waals surface area (Å²) in [6.45, 7) is 1.74. The predicted molar refractivity (Wildman–Crippen MR) is 68.2 cm³/mol. The molecule has 17 heavy (non-hydrogen) atoms. The van der Waals surface area contributed by atoms with E-state index in [4.69, 9.17) is 4.74 Å². The van der Waals surface area contributed by atoms with Crippen molar-refractivity contribution in [2.75, 3.05) is 19.4 Å². The van der Waals surface area contributed by atoms with E-state index in [1.807, 2.05) is 30.3 Å². The average molecular weight is 257 g/mol. The molecule has 0 fully saturated rings. The van der Waals surface area contributed by atoms with Gasteiger partial charge >= 0.3 is 0 Å². The second-order valence-corrected chi connectivity index (χ2v) is 5.74. The molecule has 5 heteroatoms. The van der Waals surface area contributed by atoms with E-state index in [1.54, 1.807) is 0 Å². The summed E-state index contributed by atoms with van der Waals surface area (Å²) in [5, 5.41) is 0. The molecule has 1 aromatic rings. The fraction of sp³-hybridized carbons (Fsp3) is 0.500. The first-order valence-electron chi connectivity index (χ1n) is 5.64. The van der Waals surface area contributed by atoms with Crippen LogP contribution in [-0.4, -0.2) is 27.8 Å². The van der Waals surface area contributed by atoms with Gasteiger partial charge in [0.05, 0.1) is 12.9 Å². The number of hydrogen-bond acceptors (Lipinski definition) is 3. The van der Waals surface area contributed by atoms with Crippen LogP contribution >= 0.6 is 0 Å². The summed E-state index contributed by atoms with van der Waals surface area (Å²) < 4.78 is 29.4. The first kappa shape index (κ1) is 14.2. The molecule has 0 aliphatic rings. The molecular formula is C12H19NO3S. The molecule has 0 spiro atoms. The Kier molecular flexibility index (Phi) is 6.18. The van der Waals surface area contributed by atoms with Crippen LogP contribution in [0, 0.1) is 0 Å². The monoisotopic (exact) mass is 257 g/mol.